The van der Waals surface area contributed by atoms with E-state index in [9.17, 15) is 9.59 Å². The molecule has 0 aromatic carbocycles. The van der Waals surface area contributed by atoms with Crippen molar-refractivity contribution in [1.29, 1.82) is 0 Å². The lowest BCUT2D eigenvalue weighted by Crippen LogP contribution is -2.47. The van der Waals surface area contributed by atoms with Crippen LogP contribution in [-0.4, -0.2) is 51.8 Å². The van der Waals surface area contributed by atoms with Gasteiger partial charge in [0.15, 0.2) is 5.69 Å². The molecule has 0 spiro atoms. The van der Waals surface area contributed by atoms with E-state index in [0.717, 1.165) is 6.42 Å². The molecule has 0 bridgehead atoms. The number of carbonyl (C=O) groups excluding carboxylic acids is 1. The highest BCUT2D eigenvalue weighted by atomic mass is 32.1. The fourth-order valence-electron chi connectivity index (χ4n) is 2.91. The highest BCUT2D eigenvalue weighted by molar-refractivity contribution is 7.09. The third-order valence-electron chi connectivity index (χ3n) is 4.10. The topological polar surface area (TPSA) is 89.0 Å². The van der Waals surface area contributed by atoms with Gasteiger partial charge in [0.2, 0.25) is 0 Å². The molecular formula is C20H34N2O5S. The molecular weight excluding hydrogens is 380 g/mol. The molecule has 0 radical (unpaired) electrons. The minimum absolute atomic E-state index is 0.0170. The van der Waals surface area contributed by atoms with Crippen molar-refractivity contribution in [3.05, 3.63) is 16.1 Å². The summed E-state index contributed by atoms with van der Waals surface area (Å²) in [6.07, 6.45) is 0.616. The zero-order chi connectivity index (χ0) is 21.5. The Kier molecular flexibility index (Phi) is 9.36. The van der Waals surface area contributed by atoms with Gasteiger partial charge in [0, 0.05) is 31.0 Å². The molecule has 28 heavy (non-hydrogen) atoms. The summed E-state index contributed by atoms with van der Waals surface area (Å²) in [7, 11) is 0. The maximum Gasteiger partial charge on any atom is 0.410 e. The Bertz CT molecular complexity index is 639. The Morgan fingerprint density at radius 3 is 2.36 bits per heavy atom. The number of hydrogen-bond acceptors (Lipinski definition) is 6. The van der Waals surface area contributed by atoms with Crippen molar-refractivity contribution in [2.75, 3.05) is 13.2 Å². The molecule has 0 saturated carbocycles. The third kappa shape index (κ3) is 7.39. The van der Waals surface area contributed by atoms with E-state index in [-0.39, 0.29) is 29.9 Å². The molecule has 1 heterocycles. The number of carbonyl (C=O) groups is 2. The summed E-state index contributed by atoms with van der Waals surface area (Å²) in [6.45, 7) is 14.6. The quantitative estimate of drug-likeness (QED) is 0.581. The van der Waals surface area contributed by atoms with Crippen LogP contribution in [0, 0.1) is 5.92 Å². The number of nitrogens with zero attached hydrogens (tertiary/aromatic N) is 2. The van der Waals surface area contributed by atoms with Crippen LogP contribution < -0.4 is 0 Å². The standard InChI is InChI=1S/C20H34N2O5S/c1-8-10-22(19(25)27-20(5,6)7)15(13(3)4)11-16(26-9-2)17-21-14(12-28-17)18(23)24/h12-13,15-16H,8-11H2,1-7H3,(H,23,24)/t15-,16-/m1/s1. The lowest BCUT2D eigenvalue weighted by molar-refractivity contribution is -0.00778. The number of carboxylic acid groups (broad SMARTS) is 1. The predicted molar refractivity (Wildman–Crippen MR) is 110 cm³/mol. The average Bonchev–Trinajstić information content (AvgIpc) is 3.05. The van der Waals surface area contributed by atoms with Gasteiger partial charge >= 0.3 is 12.1 Å². The fourth-order valence-corrected chi connectivity index (χ4v) is 3.76. The van der Waals surface area contributed by atoms with Gasteiger partial charge in [-0.25, -0.2) is 14.6 Å². The van der Waals surface area contributed by atoms with Crippen molar-refractivity contribution in [3.63, 3.8) is 0 Å². The summed E-state index contributed by atoms with van der Waals surface area (Å²) in [6, 6.07) is -0.122. The number of ether oxygens (including phenoxy) is 2. The van der Waals surface area contributed by atoms with Crippen molar-refractivity contribution in [2.45, 2.75) is 79.1 Å². The molecule has 0 aliphatic carbocycles. The van der Waals surface area contributed by atoms with Crippen LogP contribution >= 0.6 is 11.3 Å². The van der Waals surface area contributed by atoms with E-state index in [0.29, 0.717) is 24.6 Å². The number of carboxylic acids is 1. The zero-order valence-corrected chi connectivity index (χ0v) is 18.8. The molecule has 1 amide bonds. The SMILES string of the molecule is CCCN(C(=O)OC(C)(C)C)[C@H](C[C@@H](OCC)c1nc(C(=O)O)cs1)C(C)C. The van der Waals surface area contributed by atoms with Crippen LogP contribution in [0.5, 0.6) is 0 Å². The van der Waals surface area contributed by atoms with Crippen molar-refractivity contribution in [3.8, 4) is 0 Å². The van der Waals surface area contributed by atoms with E-state index in [1.54, 1.807) is 4.90 Å². The minimum atomic E-state index is -1.06. The predicted octanol–water partition coefficient (Wildman–Crippen LogP) is 4.98. The maximum absolute atomic E-state index is 12.8. The average molecular weight is 415 g/mol. The van der Waals surface area contributed by atoms with E-state index >= 15 is 0 Å². The number of hydrogen-bond donors (Lipinski definition) is 1. The van der Waals surface area contributed by atoms with E-state index < -0.39 is 11.6 Å². The smallest absolute Gasteiger partial charge is 0.410 e. The molecule has 8 heteroatoms. The van der Waals surface area contributed by atoms with Gasteiger partial charge in [-0.2, -0.15) is 0 Å². The monoisotopic (exact) mass is 414 g/mol. The first-order valence-corrected chi connectivity index (χ1v) is 10.7. The Hall–Kier alpha value is -1.67. The second kappa shape index (κ2) is 10.8. The lowest BCUT2D eigenvalue weighted by atomic mass is 9.96. The van der Waals surface area contributed by atoms with Crippen LogP contribution in [0.1, 0.15) is 82.9 Å². The van der Waals surface area contributed by atoms with Gasteiger partial charge in [-0.15, -0.1) is 11.3 Å². The summed E-state index contributed by atoms with van der Waals surface area (Å²) in [4.78, 5) is 30.0. The van der Waals surface area contributed by atoms with Crippen molar-refractivity contribution < 1.29 is 24.2 Å². The number of aromatic nitrogens is 1. The van der Waals surface area contributed by atoms with Crippen molar-refractivity contribution in [1.82, 2.24) is 9.88 Å². The molecule has 7 nitrogen and oxygen atoms in total. The number of rotatable bonds is 10. The first-order chi connectivity index (χ1) is 13.0. The van der Waals surface area contributed by atoms with E-state index in [1.807, 2.05) is 34.6 Å². The Balaban J connectivity index is 3.12. The Labute approximate surface area is 172 Å². The molecule has 2 atom stereocenters. The molecule has 0 aliphatic heterocycles. The van der Waals surface area contributed by atoms with Crippen LogP contribution in [0.3, 0.4) is 0 Å². The van der Waals surface area contributed by atoms with Gasteiger partial charge in [-0.05, 0) is 40.0 Å². The highest BCUT2D eigenvalue weighted by Gasteiger charge is 2.33. The third-order valence-corrected chi connectivity index (χ3v) is 5.04. The summed E-state index contributed by atoms with van der Waals surface area (Å²) in [5.74, 6) is -0.888. The Morgan fingerprint density at radius 2 is 1.93 bits per heavy atom. The van der Waals surface area contributed by atoms with Gasteiger partial charge in [0.25, 0.3) is 0 Å². The summed E-state index contributed by atoms with van der Waals surface area (Å²) in [5.41, 5.74) is -0.557. The number of aromatic carboxylic acids is 1. The van der Waals surface area contributed by atoms with Gasteiger partial charge < -0.3 is 19.5 Å². The number of thiazole rings is 1. The second-order valence-corrected chi connectivity index (χ2v) is 8.93. The van der Waals surface area contributed by atoms with Crippen LogP contribution in [0.15, 0.2) is 5.38 Å². The lowest BCUT2D eigenvalue weighted by Gasteiger charge is -2.37. The van der Waals surface area contributed by atoms with Gasteiger partial charge in [-0.3, -0.25) is 0 Å². The molecule has 0 saturated heterocycles. The van der Waals surface area contributed by atoms with Crippen LogP contribution in [0.2, 0.25) is 0 Å². The summed E-state index contributed by atoms with van der Waals surface area (Å²) in [5, 5.41) is 11.3. The molecule has 0 fully saturated rings. The molecule has 1 aromatic rings. The number of amides is 1. The fraction of sp³-hybridized carbons (Fsp3) is 0.750. The van der Waals surface area contributed by atoms with Gasteiger partial charge in [0.1, 0.15) is 16.7 Å². The maximum atomic E-state index is 12.8. The van der Waals surface area contributed by atoms with Crippen LogP contribution in [0.25, 0.3) is 0 Å². The molecule has 1 aromatic heterocycles. The van der Waals surface area contributed by atoms with Crippen molar-refractivity contribution >= 4 is 23.4 Å². The normalized spacial score (nSPS) is 14.0. The first-order valence-electron chi connectivity index (χ1n) is 9.80. The second-order valence-electron chi connectivity index (χ2n) is 8.04. The van der Waals surface area contributed by atoms with Crippen LogP contribution in [0.4, 0.5) is 4.79 Å². The molecule has 1 N–H and O–H groups in total. The van der Waals surface area contributed by atoms with E-state index in [4.69, 9.17) is 14.6 Å². The van der Waals surface area contributed by atoms with E-state index in [2.05, 4.69) is 18.8 Å². The van der Waals surface area contributed by atoms with Gasteiger partial charge in [-0.1, -0.05) is 20.8 Å². The molecule has 1 rings (SSSR count). The van der Waals surface area contributed by atoms with E-state index in [1.165, 1.54) is 16.7 Å². The van der Waals surface area contributed by atoms with Gasteiger partial charge in [0.05, 0.1) is 0 Å². The van der Waals surface area contributed by atoms with Crippen LogP contribution in [-0.2, 0) is 9.47 Å². The highest BCUT2D eigenvalue weighted by Crippen LogP contribution is 2.31. The largest absolute Gasteiger partial charge is 0.476 e. The summed E-state index contributed by atoms with van der Waals surface area (Å²) >= 11 is 1.27. The zero-order valence-electron chi connectivity index (χ0n) is 18.0. The molecule has 0 unspecified atom stereocenters. The minimum Gasteiger partial charge on any atom is -0.476 e. The Morgan fingerprint density at radius 1 is 1.29 bits per heavy atom. The molecule has 160 valence electrons. The first kappa shape index (κ1) is 24.4. The molecule has 0 aliphatic rings. The van der Waals surface area contributed by atoms with Crippen molar-refractivity contribution in [2.24, 2.45) is 5.92 Å². The summed E-state index contributed by atoms with van der Waals surface area (Å²) < 4.78 is 11.5.